The quantitative estimate of drug-likeness (QED) is 0.765. The van der Waals surface area contributed by atoms with Gasteiger partial charge in [0.1, 0.15) is 11.3 Å². The van der Waals surface area contributed by atoms with Crippen molar-refractivity contribution < 1.29 is 0 Å². The lowest BCUT2D eigenvalue weighted by molar-refractivity contribution is 0.457. The first-order valence-corrected chi connectivity index (χ1v) is 8.17. The fourth-order valence-electron chi connectivity index (χ4n) is 2.98. The molecule has 0 bridgehead atoms. The van der Waals surface area contributed by atoms with Gasteiger partial charge in [0.15, 0.2) is 5.65 Å². The predicted molar refractivity (Wildman–Crippen MR) is 81.4 cm³/mol. The first-order chi connectivity index (χ1) is 9.28. The maximum Gasteiger partial charge on any atom is 0.160 e. The molecular weight excluding hydrogens is 326 g/mol. The number of rotatable bonds is 4. The summed E-state index contributed by atoms with van der Waals surface area (Å²) >= 11 is 9.45. The minimum Gasteiger partial charge on any atom is -0.312 e. The lowest BCUT2D eigenvalue weighted by Gasteiger charge is -2.11. The molecule has 0 aromatic carbocycles. The van der Waals surface area contributed by atoms with E-state index in [4.69, 9.17) is 11.6 Å². The van der Waals surface area contributed by atoms with Crippen molar-refractivity contribution in [1.82, 2.24) is 14.5 Å². The molecule has 0 aliphatic heterocycles. The number of imidazole rings is 1. The Morgan fingerprint density at radius 3 is 2.89 bits per heavy atom. The summed E-state index contributed by atoms with van der Waals surface area (Å²) in [5.74, 6) is 2.25. The van der Waals surface area contributed by atoms with Crippen LogP contribution in [0, 0.1) is 5.92 Å². The molecule has 0 saturated heterocycles. The summed E-state index contributed by atoms with van der Waals surface area (Å²) in [6, 6.07) is 2.00. The van der Waals surface area contributed by atoms with E-state index in [1.807, 2.05) is 12.3 Å². The van der Waals surface area contributed by atoms with Crippen LogP contribution in [0.3, 0.4) is 0 Å². The molecule has 0 radical (unpaired) electrons. The Kier molecular flexibility index (Phi) is 4.08. The van der Waals surface area contributed by atoms with Crippen LogP contribution in [0.2, 0.25) is 0 Å². The third kappa shape index (κ3) is 2.79. The highest BCUT2D eigenvalue weighted by atomic mass is 79.9. The van der Waals surface area contributed by atoms with Crippen molar-refractivity contribution in [1.29, 1.82) is 0 Å². The zero-order chi connectivity index (χ0) is 13.2. The van der Waals surface area contributed by atoms with Gasteiger partial charge in [0.25, 0.3) is 0 Å². The highest BCUT2D eigenvalue weighted by Gasteiger charge is 2.17. The number of hydrogen-bond donors (Lipinski definition) is 0. The van der Waals surface area contributed by atoms with Gasteiger partial charge < -0.3 is 4.57 Å². The van der Waals surface area contributed by atoms with E-state index >= 15 is 0 Å². The molecule has 0 spiro atoms. The van der Waals surface area contributed by atoms with Crippen LogP contribution in [0.1, 0.15) is 37.9 Å². The van der Waals surface area contributed by atoms with Gasteiger partial charge in [0.2, 0.25) is 0 Å². The summed E-state index contributed by atoms with van der Waals surface area (Å²) in [5, 5.41) is 0. The highest BCUT2D eigenvalue weighted by Crippen LogP contribution is 2.29. The smallest absolute Gasteiger partial charge is 0.160 e. The topological polar surface area (TPSA) is 30.7 Å². The van der Waals surface area contributed by atoms with Gasteiger partial charge in [0.05, 0.1) is 5.88 Å². The van der Waals surface area contributed by atoms with E-state index in [1.54, 1.807) is 0 Å². The van der Waals surface area contributed by atoms with Crippen molar-refractivity contribution in [2.24, 2.45) is 5.92 Å². The van der Waals surface area contributed by atoms with Crippen molar-refractivity contribution in [3.8, 4) is 0 Å². The molecule has 2 aromatic rings. The van der Waals surface area contributed by atoms with Crippen molar-refractivity contribution in [2.75, 3.05) is 0 Å². The number of aryl methyl sites for hydroxylation is 1. The van der Waals surface area contributed by atoms with Crippen LogP contribution in [-0.4, -0.2) is 14.5 Å². The number of aromatic nitrogens is 3. The van der Waals surface area contributed by atoms with Gasteiger partial charge in [0, 0.05) is 17.2 Å². The predicted octanol–water partition coefficient (Wildman–Crippen LogP) is 4.51. The summed E-state index contributed by atoms with van der Waals surface area (Å²) in [4.78, 5) is 9.07. The van der Waals surface area contributed by atoms with Crippen LogP contribution in [0.15, 0.2) is 16.7 Å². The third-order valence-electron chi connectivity index (χ3n) is 3.99. The molecule has 0 amide bonds. The minimum atomic E-state index is 0.443. The molecule has 1 aliphatic carbocycles. The fourth-order valence-corrected chi connectivity index (χ4v) is 3.50. The van der Waals surface area contributed by atoms with Crippen LogP contribution in [0.5, 0.6) is 0 Å². The number of hydrogen-bond acceptors (Lipinski definition) is 2. The summed E-state index contributed by atoms with van der Waals surface area (Å²) in [7, 11) is 0. The monoisotopic (exact) mass is 341 g/mol. The van der Waals surface area contributed by atoms with Gasteiger partial charge in [-0.3, -0.25) is 0 Å². The Labute approximate surface area is 126 Å². The van der Waals surface area contributed by atoms with E-state index in [2.05, 4.69) is 30.5 Å². The van der Waals surface area contributed by atoms with E-state index in [1.165, 1.54) is 32.1 Å². The molecule has 0 unspecified atom stereocenters. The summed E-state index contributed by atoms with van der Waals surface area (Å²) in [5.41, 5.74) is 1.88. The van der Waals surface area contributed by atoms with Gasteiger partial charge in [-0.15, -0.1) is 11.6 Å². The second-order valence-corrected chi connectivity index (χ2v) is 6.43. The summed E-state index contributed by atoms with van der Waals surface area (Å²) in [6.07, 6.45) is 8.58. The molecular formula is C14H17BrClN3. The molecule has 1 aliphatic rings. The average Bonchev–Trinajstić information content (AvgIpc) is 3.02. The fraction of sp³-hybridized carbons (Fsp3) is 0.571. The van der Waals surface area contributed by atoms with Gasteiger partial charge in [-0.2, -0.15) is 0 Å². The van der Waals surface area contributed by atoms with Crippen molar-refractivity contribution in [3.63, 3.8) is 0 Å². The Morgan fingerprint density at radius 2 is 2.16 bits per heavy atom. The van der Waals surface area contributed by atoms with E-state index in [-0.39, 0.29) is 0 Å². The number of pyridine rings is 1. The van der Waals surface area contributed by atoms with E-state index in [0.717, 1.165) is 33.9 Å². The normalized spacial score (nSPS) is 16.5. The van der Waals surface area contributed by atoms with E-state index < -0.39 is 0 Å². The van der Waals surface area contributed by atoms with Crippen molar-refractivity contribution in [2.45, 2.75) is 44.5 Å². The van der Waals surface area contributed by atoms with E-state index in [9.17, 15) is 0 Å². The highest BCUT2D eigenvalue weighted by molar-refractivity contribution is 9.10. The number of fused-ring (bicyclic) bond motifs is 1. The van der Waals surface area contributed by atoms with Gasteiger partial charge >= 0.3 is 0 Å². The van der Waals surface area contributed by atoms with Gasteiger partial charge in [-0.05, 0) is 34.3 Å². The SMILES string of the molecule is ClCc1nc2cc(Br)cnc2n1CCC1CCCC1. The molecule has 19 heavy (non-hydrogen) atoms. The van der Waals surface area contributed by atoms with Crippen molar-refractivity contribution in [3.05, 3.63) is 22.6 Å². The van der Waals surface area contributed by atoms with E-state index in [0.29, 0.717) is 5.88 Å². The molecule has 3 rings (SSSR count). The van der Waals surface area contributed by atoms with Crippen LogP contribution >= 0.6 is 27.5 Å². The third-order valence-corrected chi connectivity index (χ3v) is 4.66. The molecule has 0 N–H and O–H groups in total. The molecule has 2 aromatic heterocycles. The van der Waals surface area contributed by atoms with Crippen LogP contribution < -0.4 is 0 Å². The van der Waals surface area contributed by atoms with Crippen LogP contribution in [-0.2, 0) is 12.4 Å². The van der Waals surface area contributed by atoms with Gasteiger partial charge in [-0.1, -0.05) is 25.7 Å². The molecule has 0 atom stereocenters. The Balaban J connectivity index is 1.87. The molecule has 5 heteroatoms. The number of nitrogens with zero attached hydrogens (tertiary/aromatic N) is 3. The Hall–Kier alpha value is -0.610. The molecule has 1 saturated carbocycles. The molecule has 2 heterocycles. The standard InChI is InChI=1S/C14H17BrClN3/c15-11-7-12-14(17-9-11)19(13(8-16)18-12)6-5-10-3-1-2-4-10/h7,9-10H,1-6,8H2. The Morgan fingerprint density at radius 1 is 1.37 bits per heavy atom. The molecule has 102 valence electrons. The summed E-state index contributed by atoms with van der Waals surface area (Å²) in [6.45, 7) is 0.984. The number of halogens is 2. The first-order valence-electron chi connectivity index (χ1n) is 6.84. The lowest BCUT2D eigenvalue weighted by atomic mass is 10.0. The zero-order valence-corrected chi connectivity index (χ0v) is 13.1. The van der Waals surface area contributed by atoms with Crippen molar-refractivity contribution >= 4 is 38.7 Å². The second kappa shape index (κ2) is 5.80. The maximum atomic E-state index is 6.02. The number of alkyl halides is 1. The van der Waals surface area contributed by atoms with Gasteiger partial charge in [-0.25, -0.2) is 9.97 Å². The minimum absolute atomic E-state index is 0.443. The average molecular weight is 343 g/mol. The maximum absolute atomic E-state index is 6.02. The van der Waals surface area contributed by atoms with Crippen LogP contribution in [0.25, 0.3) is 11.2 Å². The zero-order valence-electron chi connectivity index (χ0n) is 10.8. The second-order valence-electron chi connectivity index (χ2n) is 5.25. The van der Waals surface area contributed by atoms with Crippen LogP contribution in [0.4, 0.5) is 0 Å². The summed E-state index contributed by atoms with van der Waals surface area (Å²) < 4.78 is 3.15. The Bertz CT molecular complexity index is 575. The molecule has 3 nitrogen and oxygen atoms in total. The lowest BCUT2D eigenvalue weighted by Crippen LogP contribution is -2.07. The first kappa shape index (κ1) is 13.4. The largest absolute Gasteiger partial charge is 0.312 e. The molecule has 1 fully saturated rings.